The summed E-state index contributed by atoms with van der Waals surface area (Å²) in [7, 11) is 0. The van der Waals surface area contributed by atoms with Gasteiger partial charge in [0, 0.05) is 3.57 Å². The monoisotopic (exact) mass is 471 g/mol. The molecule has 3 aromatic rings. The average molecular weight is 471 g/mol. The number of hydrogen-bond acceptors (Lipinski definition) is 5. The molecule has 0 amide bonds. The summed E-state index contributed by atoms with van der Waals surface area (Å²) >= 11 is 2.28. The topological polar surface area (TPSA) is 61.0 Å². The normalized spacial score (nSPS) is 14.9. The fraction of sp³-hybridized carbons (Fsp3) is 0.0476. The fourth-order valence-corrected chi connectivity index (χ4v) is 3.13. The first kappa shape index (κ1) is 17.5. The Kier molecular flexibility index (Phi) is 5.06. The molecule has 1 aliphatic rings. The van der Waals surface area contributed by atoms with Crippen LogP contribution in [-0.4, -0.2) is 11.9 Å². The predicted octanol–water partition coefficient (Wildman–Crippen LogP) is 4.81. The number of carbonyl (C=O) groups excluding carboxylic acids is 1. The molecule has 0 unspecified atom stereocenters. The van der Waals surface area contributed by atoms with E-state index in [0.29, 0.717) is 12.4 Å². The van der Waals surface area contributed by atoms with Crippen molar-refractivity contribution in [2.24, 2.45) is 4.99 Å². The minimum atomic E-state index is -0.500. The summed E-state index contributed by atoms with van der Waals surface area (Å²) < 4.78 is 17.3. The molecule has 2 aromatic carbocycles. The van der Waals surface area contributed by atoms with Crippen LogP contribution in [0.5, 0.6) is 5.75 Å². The Morgan fingerprint density at radius 3 is 2.67 bits per heavy atom. The average Bonchev–Trinajstić information content (AvgIpc) is 3.32. The number of cyclic esters (lactones) is 1. The third kappa shape index (κ3) is 4.28. The number of benzene rings is 2. The number of furan rings is 1. The van der Waals surface area contributed by atoms with Gasteiger partial charge in [0.25, 0.3) is 5.90 Å². The highest BCUT2D eigenvalue weighted by molar-refractivity contribution is 14.1. The van der Waals surface area contributed by atoms with Crippen molar-refractivity contribution in [2.75, 3.05) is 0 Å². The number of aliphatic imine (C=N–C) groups is 1. The molecule has 6 heteroatoms. The molecule has 0 bridgehead atoms. The molecule has 5 nitrogen and oxygen atoms in total. The second-order valence-electron chi connectivity index (χ2n) is 5.80. The Morgan fingerprint density at radius 1 is 1.07 bits per heavy atom. The van der Waals surface area contributed by atoms with Gasteiger partial charge in [0.15, 0.2) is 11.5 Å². The Bertz CT molecular complexity index is 1020. The quantitative estimate of drug-likeness (QED) is 0.305. The summed E-state index contributed by atoms with van der Waals surface area (Å²) in [6, 6.07) is 19.0. The van der Waals surface area contributed by atoms with E-state index >= 15 is 0 Å². The summed E-state index contributed by atoms with van der Waals surface area (Å²) in [5.41, 5.74) is 2.17. The highest BCUT2D eigenvalue weighted by atomic mass is 127. The highest BCUT2D eigenvalue weighted by Gasteiger charge is 2.25. The number of halogens is 1. The summed E-state index contributed by atoms with van der Waals surface area (Å²) in [5.74, 6) is 0.852. The lowest BCUT2D eigenvalue weighted by Gasteiger charge is -2.07. The van der Waals surface area contributed by atoms with E-state index in [9.17, 15) is 4.79 Å². The highest BCUT2D eigenvalue weighted by Crippen LogP contribution is 2.21. The van der Waals surface area contributed by atoms with Gasteiger partial charge in [-0.2, -0.15) is 0 Å². The summed E-state index contributed by atoms with van der Waals surface area (Å²) in [6.07, 6.45) is 3.17. The fourth-order valence-electron chi connectivity index (χ4n) is 2.53. The molecule has 0 N–H and O–H groups in total. The molecule has 0 radical (unpaired) electrons. The zero-order valence-electron chi connectivity index (χ0n) is 14.1. The van der Waals surface area contributed by atoms with Crippen molar-refractivity contribution in [3.63, 3.8) is 0 Å². The lowest BCUT2D eigenvalue weighted by atomic mass is 10.2. The van der Waals surface area contributed by atoms with Crippen molar-refractivity contribution >= 4 is 40.5 Å². The minimum Gasteiger partial charge on any atom is -0.489 e. The van der Waals surface area contributed by atoms with Crippen LogP contribution in [0.2, 0.25) is 0 Å². The van der Waals surface area contributed by atoms with Gasteiger partial charge in [0.05, 0.1) is 6.26 Å². The zero-order chi connectivity index (χ0) is 18.6. The van der Waals surface area contributed by atoms with Gasteiger partial charge in [0.2, 0.25) is 0 Å². The van der Waals surface area contributed by atoms with E-state index in [1.54, 1.807) is 18.2 Å². The Labute approximate surface area is 169 Å². The maximum absolute atomic E-state index is 12.0. The van der Waals surface area contributed by atoms with Gasteiger partial charge in [-0.15, -0.1) is 0 Å². The second-order valence-corrected chi connectivity index (χ2v) is 7.05. The van der Waals surface area contributed by atoms with E-state index in [4.69, 9.17) is 13.9 Å². The van der Waals surface area contributed by atoms with Gasteiger partial charge >= 0.3 is 5.97 Å². The number of hydrogen-bond donors (Lipinski definition) is 0. The Balaban J connectivity index is 1.44. The number of ether oxygens (including phenoxy) is 2. The van der Waals surface area contributed by atoms with Gasteiger partial charge in [-0.1, -0.05) is 24.3 Å². The lowest BCUT2D eigenvalue weighted by Crippen LogP contribution is -2.04. The largest absolute Gasteiger partial charge is 0.489 e. The SMILES string of the molecule is O=C1OC(c2ccco2)=N/C1=C\c1ccc(OCc2cccc(I)c2)cc1. The molecular formula is C21H14INO4. The van der Waals surface area contributed by atoms with Gasteiger partial charge in [-0.25, -0.2) is 9.79 Å². The second kappa shape index (κ2) is 7.79. The number of esters is 1. The van der Waals surface area contributed by atoms with E-state index < -0.39 is 5.97 Å². The molecule has 0 spiro atoms. The first-order chi connectivity index (χ1) is 13.2. The number of rotatable bonds is 5. The smallest absolute Gasteiger partial charge is 0.363 e. The minimum absolute atomic E-state index is 0.175. The molecule has 27 heavy (non-hydrogen) atoms. The molecule has 4 rings (SSSR count). The summed E-state index contributed by atoms with van der Waals surface area (Å²) in [5, 5.41) is 0. The molecule has 0 fully saturated rings. The number of nitrogens with zero attached hydrogens (tertiary/aromatic N) is 1. The van der Waals surface area contributed by atoms with E-state index in [1.165, 1.54) is 9.83 Å². The van der Waals surface area contributed by atoms with Crippen molar-refractivity contribution in [1.29, 1.82) is 0 Å². The molecule has 1 aliphatic heterocycles. The molecule has 0 saturated heterocycles. The molecule has 0 saturated carbocycles. The van der Waals surface area contributed by atoms with Crippen LogP contribution in [0, 0.1) is 3.57 Å². The van der Waals surface area contributed by atoms with E-state index in [2.05, 4.69) is 33.6 Å². The van der Waals surface area contributed by atoms with Crippen molar-refractivity contribution in [3.8, 4) is 5.75 Å². The van der Waals surface area contributed by atoms with Crippen molar-refractivity contribution in [3.05, 3.63) is 93.1 Å². The molecule has 0 aliphatic carbocycles. The van der Waals surface area contributed by atoms with Gasteiger partial charge < -0.3 is 13.9 Å². The molecule has 134 valence electrons. The Morgan fingerprint density at radius 2 is 1.93 bits per heavy atom. The first-order valence-corrected chi connectivity index (χ1v) is 9.29. The van der Waals surface area contributed by atoms with Gasteiger partial charge in [-0.05, 0) is 76.2 Å². The van der Waals surface area contributed by atoms with Crippen LogP contribution in [0.1, 0.15) is 16.9 Å². The van der Waals surface area contributed by atoms with E-state index in [0.717, 1.165) is 16.9 Å². The van der Waals surface area contributed by atoms with Crippen LogP contribution in [0.25, 0.3) is 6.08 Å². The van der Waals surface area contributed by atoms with Crippen LogP contribution in [-0.2, 0) is 16.1 Å². The predicted molar refractivity (Wildman–Crippen MR) is 109 cm³/mol. The molecule has 0 atom stereocenters. The summed E-state index contributed by atoms with van der Waals surface area (Å²) in [6.45, 7) is 0.500. The van der Waals surface area contributed by atoms with Crippen LogP contribution >= 0.6 is 22.6 Å². The van der Waals surface area contributed by atoms with Crippen LogP contribution in [0.15, 0.2) is 82.0 Å². The summed E-state index contributed by atoms with van der Waals surface area (Å²) in [4.78, 5) is 16.2. The maximum atomic E-state index is 12.0. The molecular weight excluding hydrogens is 457 g/mol. The molecule has 2 heterocycles. The van der Waals surface area contributed by atoms with Crippen LogP contribution in [0.4, 0.5) is 0 Å². The van der Waals surface area contributed by atoms with Crippen LogP contribution in [0.3, 0.4) is 0 Å². The third-order valence-corrected chi connectivity index (χ3v) is 4.50. The van der Waals surface area contributed by atoms with Gasteiger partial charge in [-0.3, -0.25) is 0 Å². The van der Waals surface area contributed by atoms with E-state index in [-0.39, 0.29) is 11.6 Å². The van der Waals surface area contributed by atoms with Gasteiger partial charge in [0.1, 0.15) is 12.4 Å². The number of carbonyl (C=O) groups is 1. The van der Waals surface area contributed by atoms with Crippen molar-refractivity contribution in [1.82, 2.24) is 0 Å². The third-order valence-electron chi connectivity index (χ3n) is 3.83. The maximum Gasteiger partial charge on any atom is 0.363 e. The zero-order valence-corrected chi connectivity index (χ0v) is 16.3. The molecule has 1 aromatic heterocycles. The standard InChI is InChI=1S/C21H14INO4/c22-16-4-1-3-15(11-16)13-26-17-8-6-14(7-9-17)12-18-21(24)27-20(23-18)19-5-2-10-25-19/h1-12H,13H2/b18-12-. The lowest BCUT2D eigenvalue weighted by molar-refractivity contribution is -0.130. The first-order valence-electron chi connectivity index (χ1n) is 8.21. The van der Waals surface area contributed by atoms with Crippen molar-refractivity contribution < 1.29 is 18.7 Å². The Hall–Kier alpha value is -2.87. The van der Waals surface area contributed by atoms with Crippen molar-refractivity contribution in [2.45, 2.75) is 6.61 Å². The van der Waals surface area contributed by atoms with Crippen LogP contribution < -0.4 is 4.74 Å². The van der Waals surface area contributed by atoms with E-state index in [1.807, 2.05) is 42.5 Å².